The van der Waals surface area contributed by atoms with Crippen LogP contribution in [-0.2, 0) is 0 Å². The van der Waals surface area contributed by atoms with Crippen molar-refractivity contribution >= 4 is 17.2 Å². The summed E-state index contributed by atoms with van der Waals surface area (Å²) >= 11 is 4.96. The van der Waals surface area contributed by atoms with Crippen molar-refractivity contribution in [3.8, 4) is 0 Å². The predicted molar refractivity (Wildman–Crippen MR) is 74.6 cm³/mol. The van der Waals surface area contributed by atoms with E-state index >= 15 is 0 Å². The summed E-state index contributed by atoms with van der Waals surface area (Å²) in [6.07, 6.45) is 6.56. The van der Waals surface area contributed by atoms with Gasteiger partial charge in [-0.1, -0.05) is 38.9 Å². The third kappa shape index (κ3) is 5.80. The van der Waals surface area contributed by atoms with Crippen LogP contribution in [-0.4, -0.2) is 29.5 Å². The molecule has 16 heavy (non-hydrogen) atoms. The van der Waals surface area contributed by atoms with Crippen LogP contribution in [0.2, 0.25) is 0 Å². The Morgan fingerprint density at radius 3 is 2.50 bits per heavy atom. The second-order valence-corrected chi connectivity index (χ2v) is 6.04. The molecule has 0 aliphatic heterocycles. The Balaban J connectivity index is 2.32. The minimum absolute atomic E-state index is 0.653. The first kappa shape index (κ1) is 13.9. The summed E-state index contributed by atoms with van der Waals surface area (Å²) in [6.45, 7) is 8.04. The molecule has 94 valence electrons. The molecule has 0 aromatic heterocycles. The lowest BCUT2D eigenvalue weighted by molar-refractivity contribution is 0.214. The summed E-state index contributed by atoms with van der Waals surface area (Å²) in [6, 6.07) is 0. The molecule has 0 spiro atoms. The zero-order chi connectivity index (χ0) is 12.0. The highest BCUT2D eigenvalue weighted by molar-refractivity contribution is 7.80. The molecule has 0 atom stereocenters. The van der Waals surface area contributed by atoms with Crippen molar-refractivity contribution in [2.45, 2.75) is 46.0 Å². The van der Waals surface area contributed by atoms with Crippen LogP contribution in [0, 0.1) is 11.8 Å². The van der Waals surface area contributed by atoms with Crippen molar-refractivity contribution in [2.75, 3.05) is 19.6 Å². The Morgan fingerprint density at radius 2 is 2.00 bits per heavy atom. The van der Waals surface area contributed by atoms with E-state index < -0.39 is 0 Å². The summed E-state index contributed by atoms with van der Waals surface area (Å²) in [7, 11) is 0. The van der Waals surface area contributed by atoms with Crippen molar-refractivity contribution in [2.24, 2.45) is 17.6 Å². The Labute approximate surface area is 106 Å². The molecule has 1 fully saturated rings. The van der Waals surface area contributed by atoms with Crippen molar-refractivity contribution < 1.29 is 0 Å². The van der Waals surface area contributed by atoms with Crippen LogP contribution in [0.5, 0.6) is 0 Å². The molecule has 0 heterocycles. The largest absolute Gasteiger partial charge is 0.393 e. The molecule has 0 radical (unpaired) electrons. The van der Waals surface area contributed by atoms with Gasteiger partial charge in [0.2, 0.25) is 0 Å². The van der Waals surface area contributed by atoms with Gasteiger partial charge < -0.3 is 10.6 Å². The van der Waals surface area contributed by atoms with E-state index in [9.17, 15) is 0 Å². The number of thiocarbonyl (C=S) groups is 1. The van der Waals surface area contributed by atoms with Crippen LogP contribution in [0.15, 0.2) is 0 Å². The summed E-state index contributed by atoms with van der Waals surface area (Å²) < 4.78 is 0. The lowest BCUT2D eigenvalue weighted by Gasteiger charge is -2.27. The Hall–Kier alpha value is -0.150. The average molecular weight is 242 g/mol. The number of rotatable bonds is 7. The molecule has 1 rings (SSSR count). The van der Waals surface area contributed by atoms with E-state index in [0.29, 0.717) is 4.99 Å². The highest BCUT2D eigenvalue weighted by Gasteiger charge is 2.18. The molecule has 1 saturated carbocycles. The normalized spacial score (nSPS) is 17.5. The number of hydrogen-bond acceptors (Lipinski definition) is 2. The minimum atomic E-state index is 0.653. The molecule has 2 nitrogen and oxygen atoms in total. The van der Waals surface area contributed by atoms with E-state index in [0.717, 1.165) is 24.8 Å². The van der Waals surface area contributed by atoms with Crippen molar-refractivity contribution in [3.63, 3.8) is 0 Å². The van der Waals surface area contributed by atoms with Crippen LogP contribution in [0.1, 0.15) is 46.0 Å². The number of hydrogen-bond donors (Lipinski definition) is 1. The fraction of sp³-hybridized carbons (Fsp3) is 0.923. The molecule has 0 aromatic rings. The monoisotopic (exact) mass is 242 g/mol. The maximum absolute atomic E-state index is 5.58. The number of nitrogens with zero attached hydrogens (tertiary/aromatic N) is 1. The van der Waals surface area contributed by atoms with Gasteiger partial charge in [0.05, 0.1) is 4.99 Å². The summed E-state index contributed by atoms with van der Waals surface area (Å²) in [4.78, 5) is 3.21. The van der Waals surface area contributed by atoms with Crippen molar-refractivity contribution in [1.82, 2.24) is 4.90 Å². The van der Waals surface area contributed by atoms with Gasteiger partial charge in [0.1, 0.15) is 0 Å². The third-order valence-corrected chi connectivity index (χ3v) is 3.49. The van der Waals surface area contributed by atoms with E-state index in [4.69, 9.17) is 18.0 Å². The summed E-state index contributed by atoms with van der Waals surface area (Å²) in [5.41, 5.74) is 5.58. The number of nitrogens with two attached hydrogens (primary N) is 1. The molecule has 1 aliphatic rings. The van der Waals surface area contributed by atoms with Gasteiger partial charge in [-0.05, 0) is 24.7 Å². The van der Waals surface area contributed by atoms with E-state index in [2.05, 4.69) is 18.7 Å². The second-order valence-electron chi connectivity index (χ2n) is 5.52. The zero-order valence-electron chi connectivity index (χ0n) is 10.7. The van der Waals surface area contributed by atoms with Crippen LogP contribution in [0.3, 0.4) is 0 Å². The molecule has 1 aliphatic carbocycles. The van der Waals surface area contributed by atoms with Gasteiger partial charge in [0.15, 0.2) is 0 Å². The van der Waals surface area contributed by atoms with E-state index in [1.807, 2.05) is 0 Å². The topological polar surface area (TPSA) is 29.3 Å². The zero-order valence-corrected chi connectivity index (χ0v) is 11.6. The molecule has 0 saturated heterocycles. The van der Waals surface area contributed by atoms with Crippen LogP contribution < -0.4 is 5.73 Å². The van der Waals surface area contributed by atoms with Crippen molar-refractivity contribution in [1.29, 1.82) is 0 Å². The molecule has 0 amide bonds. The summed E-state index contributed by atoms with van der Waals surface area (Å²) in [5, 5.41) is 0. The average Bonchev–Trinajstić information content (AvgIpc) is 2.66. The standard InChI is InChI=1S/C13H26N2S/c1-11(2)9-15(8-7-13(14)16)10-12-5-3-4-6-12/h11-12H,3-10H2,1-2H3,(H2,14,16). The second kappa shape index (κ2) is 7.23. The Kier molecular flexibility index (Phi) is 6.29. The maximum Gasteiger partial charge on any atom is 0.0740 e. The lowest BCUT2D eigenvalue weighted by atomic mass is 10.1. The molecule has 2 N–H and O–H groups in total. The van der Waals surface area contributed by atoms with E-state index in [1.54, 1.807) is 0 Å². The quantitative estimate of drug-likeness (QED) is 0.696. The molecular formula is C13H26N2S. The first-order valence-electron chi connectivity index (χ1n) is 6.58. The maximum atomic E-state index is 5.58. The Morgan fingerprint density at radius 1 is 1.38 bits per heavy atom. The fourth-order valence-corrected chi connectivity index (χ4v) is 2.69. The highest BCUT2D eigenvalue weighted by Crippen LogP contribution is 2.25. The first-order chi connectivity index (χ1) is 7.58. The van der Waals surface area contributed by atoms with Gasteiger partial charge in [0.25, 0.3) is 0 Å². The van der Waals surface area contributed by atoms with Crippen LogP contribution >= 0.6 is 12.2 Å². The molecule has 0 unspecified atom stereocenters. The third-order valence-electron chi connectivity index (χ3n) is 3.29. The molecule has 0 aromatic carbocycles. The van der Waals surface area contributed by atoms with Gasteiger partial charge in [-0.3, -0.25) is 0 Å². The van der Waals surface area contributed by atoms with Crippen molar-refractivity contribution in [3.05, 3.63) is 0 Å². The minimum Gasteiger partial charge on any atom is -0.393 e. The predicted octanol–water partition coefficient (Wildman–Crippen LogP) is 2.81. The molecular weight excluding hydrogens is 216 g/mol. The van der Waals surface area contributed by atoms with E-state index in [1.165, 1.54) is 38.8 Å². The fourth-order valence-electron chi connectivity index (χ4n) is 2.60. The van der Waals surface area contributed by atoms with Crippen LogP contribution in [0.4, 0.5) is 0 Å². The highest BCUT2D eigenvalue weighted by atomic mass is 32.1. The lowest BCUT2D eigenvalue weighted by Crippen LogP contribution is -2.34. The van der Waals surface area contributed by atoms with Crippen LogP contribution in [0.25, 0.3) is 0 Å². The summed E-state index contributed by atoms with van der Waals surface area (Å²) in [5.74, 6) is 1.65. The molecule has 3 heteroatoms. The first-order valence-corrected chi connectivity index (χ1v) is 6.99. The molecule has 0 bridgehead atoms. The SMILES string of the molecule is CC(C)CN(CCC(N)=S)CC1CCCC1. The van der Waals surface area contributed by atoms with Gasteiger partial charge >= 0.3 is 0 Å². The van der Waals surface area contributed by atoms with Gasteiger partial charge in [0, 0.05) is 26.1 Å². The van der Waals surface area contributed by atoms with E-state index in [-0.39, 0.29) is 0 Å². The van der Waals surface area contributed by atoms with Gasteiger partial charge in [-0.15, -0.1) is 0 Å². The smallest absolute Gasteiger partial charge is 0.0740 e. The Bertz CT molecular complexity index is 210. The van der Waals surface area contributed by atoms with Gasteiger partial charge in [-0.25, -0.2) is 0 Å². The van der Waals surface area contributed by atoms with Gasteiger partial charge in [-0.2, -0.15) is 0 Å².